The van der Waals surface area contributed by atoms with Crippen molar-refractivity contribution in [1.82, 2.24) is 4.31 Å². The fraction of sp³-hybridized carbons (Fsp3) is 0.250. The third-order valence-electron chi connectivity index (χ3n) is 3.53. The monoisotopic (exact) mass is 397 g/mol. The molecule has 0 radical (unpaired) electrons. The number of halogens is 1. The van der Waals surface area contributed by atoms with Crippen LogP contribution in [0, 0.1) is 0 Å². The highest BCUT2D eigenvalue weighted by Gasteiger charge is 2.21. The summed E-state index contributed by atoms with van der Waals surface area (Å²) in [7, 11) is -1.97. The molecule has 2 aromatic carbocycles. The Hall–Kier alpha value is -1.57. The average molecular weight is 398 g/mol. The number of benzene rings is 2. The number of nitrogens with zero attached hydrogens (tertiary/aromatic N) is 1. The van der Waals surface area contributed by atoms with Gasteiger partial charge >= 0.3 is 0 Å². The second-order valence-corrected chi connectivity index (χ2v) is 8.15. The highest BCUT2D eigenvalue weighted by atomic mass is 79.9. The minimum absolute atomic E-state index is 0.259. The van der Waals surface area contributed by atoms with Gasteiger partial charge in [0, 0.05) is 18.1 Å². The first kappa shape index (κ1) is 16.3. The van der Waals surface area contributed by atoms with Crippen LogP contribution in [0.15, 0.2) is 51.8 Å². The van der Waals surface area contributed by atoms with E-state index in [0.29, 0.717) is 24.7 Å². The van der Waals surface area contributed by atoms with Gasteiger partial charge in [-0.05, 0) is 42.0 Å². The predicted octanol–water partition coefficient (Wildman–Crippen LogP) is 3.04. The Labute approximate surface area is 144 Å². The first-order valence-electron chi connectivity index (χ1n) is 7.07. The maximum absolute atomic E-state index is 12.6. The molecule has 0 saturated carbocycles. The van der Waals surface area contributed by atoms with Crippen molar-refractivity contribution >= 4 is 26.0 Å². The summed E-state index contributed by atoms with van der Waals surface area (Å²) in [6.45, 7) is 1.29. The van der Waals surface area contributed by atoms with Gasteiger partial charge < -0.3 is 9.47 Å². The zero-order valence-electron chi connectivity index (χ0n) is 12.5. The molecule has 0 N–H and O–H groups in total. The minimum atomic E-state index is -3.53. The molecule has 3 rings (SSSR count). The van der Waals surface area contributed by atoms with E-state index in [1.165, 1.54) is 4.31 Å². The van der Waals surface area contributed by atoms with Crippen molar-refractivity contribution < 1.29 is 17.9 Å². The van der Waals surface area contributed by atoms with Gasteiger partial charge in [0.1, 0.15) is 13.2 Å². The molecule has 122 valence electrons. The molecule has 0 amide bonds. The van der Waals surface area contributed by atoms with Crippen molar-refractivity contribution in [2.45, 2.75) is 11.4 Å². The van der Waals surface area contributed by atoms with E-state index in [1.807, 2.05) is 18.2 Å². The molecular formula is C16H16BrNO4S. The van der Waals surface area contributed by atoms with E-state index in [0.717, 1.165) is 10.0 Å². The second kappa shape index (κ2) is 6.51. The third-order valence-corrected chi connectivity index (χ3v) is 5.88. The molecule has 0 aliphatic carbocycles. The van der Waals surface area contributed by atoms with E-state index in [2.05, 4.69) is 15.9 Å². The van der Waals surface area contributed by atoms with Crippen LogP contribution >= 0.6 is 15.9 Å². The van der Waals surface area contributed by atoms with Crippen molar-refractivity contribution in [3.8, 4) is 11.5 Å². The summed E-state index contributed by atoms with van der Waals surface area (Å²) in [6.07, 6.45) is 0. The van der Waals surface area contributed by atoms with Gasteiger partial charge in [0.15, 0.2) is 11.5 Å². The van der Waals surface area contributed by atoms with Crippen molar-refractivity contribution in [3.63, 3.8) is 0 Å². The van der Waals surface area contributed by atoms with Gasteiger partial charge in [-0.2, -0.15) is 4.31 Å². The van der Waals surface area contributed by atoms with Crippen LogP contribution in [-0.2, 0) is 16.6 Å². The summed E-state index contributed by atoms with van der Waals surface area (Å²) >= 11 is 3.30. The Kier molecular flexibility index (Phi) is 4.61. The summed E-state index contributed by atoms with van der Waals surface area (Å²) in [5, 5.41) is 0. The third kappa shape index (κ3) is 3.52. The molecule has 1 heterocycles. The van der Waals surface area contributed by atoms with E-state index in [-0.39, 0.29) is 11.4 Å². The summed E-state index contributed by atoms with van der Waals surface area (Å²) in [6, 6.07) is 12.1. The molecule has 0 fully saturated rings. The molecule has 5 nitrogen and oxygen atoms in total. The Bertz CT molecular complexity index is 805. The highest BCUT2D eigenvalue weighted by Crippen LogP contribution is 2.31. The van der Waals surface area contributed by atoms with Crippen LogP contribution in [0.4, 0.5) is 0 Å². The van der Waals surface area contributed by atoms with Crippen molar-refractivity contribution in [3.05, 3.63) is 52.5 Å². The van der Waals surface area contributed by atoms with Gasteiger partial charge in [-0.3, -0.25) is 0 Å². The molecular weight excluding hydrogens is 382 g/mol. The predicted molar refractivity (Wildman–Crippen MR) is 90.2 cm³/mol. The molecule has 0 aromatic heterocycles. The van der Waals surface area contributed by atoms with E-state index in [9.17, 15) is 8.42 Å². The normalized spacial score (nSPS) is 14.0. The Morgan fingerprint density at radius 1 is 1.04 bits per heavy atom. The average Bonchev–Trinajstić information content (AvgIpc) is 2.55. The van der Waals surface area contributed by atoms with Crippen molar-refractivity contribution in [2.24, 2.45) is 0 Å². The van der Waals surface area contributed by atoms with Crippen molar-refractivity contribution in [1.29, 1.82) is 0 Å². The summed E-state index contributed by atoms with van der Waals surface area (Å²) in [5.74, 6) is 1.35. The Morgan fingerprint density at radius 3 is 2.39 bits per heavy atom. The van der Waals surface area contributed by atoms with Crippen LogP contribution in [0.2, 0.25) is 0 Å². The molecule has 1 aliphatic heterocycles. The van der Waals surface area contributed by atoms with Crippen LogP contribution in [-0.4, -0.2) is 33.0 Å². The van der Waals surface area contributed by atoms with Gasteiger partial charge in [-0.25, -0.2) is 8.42 Å². The maximum Gasteiger partial charge on any atom is 0.243 e. The number of rotatable bonds is 4. The molecule has 1 aliphatic rings. The molecule has 7 heteroatoms. The largest absolute Gasteiger partial charge is 0.486 e. The van der Waals surface area contributed by atoms with Crippen molar-refractivity contribution in [2.75, 3.05) is 20.3 Å². The van der Waals surface area contributed by atoms with Crippen LogP contribution in [0.3, 0.4) is 0 Å². The Morgan fingerprint density at radius 2 is 1.70 bits per heavy atom. The highest BCUT2D eigenvalue weighted by molar-refractivity contribution is 9.10. The van der Waals surface area contributed by atoms with Gasteiger partial charge in [-0.15, -0.1) is 0 Å². The van der Waals surface area contributed by atoms with E-state index in [1.54, 1.807) is 31.3 Å². The molecule has 0 saturated heterocycles. The lowest BCUT2D eigenvalue weighted by molar-refractivity contribution is 0.171. The van der Waals surface area contributed by atoms with Crippen LogP contribution in [0.5, 0.6) is 11.5 Å². The number of sulfonamides is 1. The van der Waals surface area contributed by atoms with Crippen LogP contribution in [0.25, 0.3) is 0 Å². The standard InChI is InChI=1S/C16H16BrNO4S/c1-18(23(19,20)14-5-3-13(17)4-6-14)11-12-2-7-15-16(10-12)22-9-8-21-15/h2-7,10H,8-9,11H2,1H3. The lowest BCUT2D eigenvalue weighted by Gasteiger charge is -2.21. The molecule has 0 unspecified atom stereocenters. The summed E-state index contributed by atoms with van der Waals surface area (Å²) < 4.78 is 38.3. The quantitative estimate of drug-likeness (QED) is 0.795. The SMILES string of the molecule is CN(Cc1ccc2c(c1)OCCO2)S(=O)(=O)c1ccc(Br)cc1. The number of hydrogen-bond donors (Lipinski definition) is 0. The molecule has 2 aromatic rings. The molecule has 0 bridgehead atoms. The van der Waals surface area contributed by atoms with Gasteiger partial charge in [0.2, 0.25) is 10.0 Å². The second-order valence-electron chi connectivity index (χ2n) is 5.19. The van der Waals surface area contributed by atoms with Gasteiger partial charge in [0.25, 0.3) is 0 Å². The summed E-state index contributed by atoms with van der Waals surface area (Å²) in [5.41, 5.74) is 0.845. The minimum Gasteiger partial charge on any atom is -0.486 e. The van der Waals surface area contributed by atoms with Crippen LogP contribution in [0.1, 0.15) is 5.56 Å². The smallest absolute Gasteiger partial charge is 0.243 e. The first-order valence-corrected chi connectivity index (χ1v) is 9.30. The number of fused-ring (bicyclic) bond motifs is 1. The first-order chi connectivity index (χ1) is 11.0. The van der Waals surface area contributed by atoms with E-state index < -0.39 is 10.0 Å². The Balaban J connectivity index is 1.80. The van der Waals surface area contributed by atoms with Crippen LogP contribution < -0.4 is 9.47 Å². The fourth-order valence-corrected chi connectivity index (χ4v) is 3.74. The lowest BCUT2D eigenvalue weighted by atomic mass is 10.2. The zero-order chi connectivity index (χ0) is 16.4. The van der Waals surface area contributed by atoms with Gasteiger partial charge in [-0.1, -0.05) is 22.0 Å². The molecule has 0 atom stereocenters. The van der Waals surface area contributed by atoms with E-state index in [4.69, 9.17) is 9.47 Å². The topological polar surface area (TPSA) is 55.8 Å². The fourth-order valence-electron chi connectivity index (χ4n) is 2.31. The number of ether oxygens (including phenoxy) is 2. The summed E-state index contributed by atoms with van der Waals surface area (Å²) in [4.78, 5) is 0.265. The molecule has 0 spiro atoms. The maximum atomic E-state index is 12.6. The molecule has 23 heavy (non-hydrogen) atoms. The van der Waals surface area contributed by atoms with Gasteiger partial charge in [0.05, 0.1) is 4.90 Å². The van der Waals surface area contributed by atoms with E-state index >= 15 is 0 Å². The number of hydrogen-bond acceptors (Lipinski definition) is 4. The lowest BCUT2D eigenvalue weighted by Crippen LogP contribution is -2.26. The zero-order valence-corrected chi connectivity index (χ0v) is 14.9.